The van der Waals surface area contributed by atoms with Gasteiger partial charge >= 0.3 is 0 Å². The van der Waals surface area contributed by atoms with Crippen molar-refractivity contribution in [2.75, 3.05) is 10.6 Å². The van der Waals surface area contributed by atoms with Gasteiger partial charge in [-0.25, -0.2) is 0 Å². The van der Waals surface area contributed by atoms with E-state index < -0.39 is 0 Å². The molecule has 0 saturated heterocycles. The molecule has 2 aliphatic rings. The largest absolute Gasteiger partial charge is 0.459 e. The lowest BCUT2D eigenvalue weighted by atomic mass is 9.93. The first-order valence-corrected chi connectivity index (χ1v) is 8.13. The van der Waals surface area contributed by atoms with Crippen molar-refractivity contribution in [3.63, 3.8) is 0 Å². The van der Waals surface area contributed by atoms with Crippen LogP contribution in [0.5, 0.6) is 0 Å². The van der Waals surface area contributed by atoms with Crippen LogP contribution in [0.25, 0.3) is 0 Å². The fourth-order valence-electron chi connectivity index (χ4n) is 3.55. The van der Waals surface area contributed by atoms with Gasteiger partial charge in [-0.15, -0.1) is 0 Å². The summed E-state index contributed by atoms with van der Waals surface area (Å²) in [5, 5.41) is 5.72. The Bertz CT molecular complexity index is 777. The Hall–Kier alpha value is -2.82. The third-order valence-electron chi connectivity index (χ3n) is 4.77. The zero-order valence-corrected chi connectivity index (χ0v) is 13.1. The Morgan fingerprint density at radius 1 is 0.958 bits per heavy atom. The van der Waals surface area contributed by atoms with Gasteiger partial charge in [-0.1, -0.05) is 12.2 Å². The average molecular weight is 322 g/mol. The van der Waals surface area contributed by atoms with E-state index in [9.17, 15) is 9.59 Å². The average Bonchev–Trinajstić information content (AvgIpc) is 3.34. The number of amides is 2. The van der Waals surface area contributed by atoms with Crippen LogP contribution in [0.4, 0.5) is 11.4 Å². The predicted molar refractivity (Wildman–Crippen MR) is 90.6 cm³/mol. The first kappa shape index (κ1) is 14.8. The second-order valence-electron chi connectivity index (χ2n) is 6.38. The Morgan fingerprint density at radius 2 is 1.71 bits per heavy atom. The maximum absolute atomic E-state index is 12.4. The number of anilines is 2. The molecule has 1 heterocycles. The Kier molecular flexibility index (Phi) is 3.69. The van der Waals surface area contributed by atoms with Gasteiger partial charge in [0.1, 0.15) is 0 Å². The first-order chi connectivity index (χ1) is 11.7. The zero-order chi connectivity index (χ0) is 16.5. The smallest absolute Gasteiger partial charge is 0.291 e. The van der Waals surface area contributed by atoms with Gasteiger partial charge in [0.2, 0.25) is 5.91 Å². The summed E-state index contributed by atoms with van der Waals surface area (Å²) >= 11 is 0. The van der Waals surface area contributed by atoms with Crippen LogP contribution in [0.15, 0.2) is 59.2 Å². The molecule has 5 nitrogen and oxygen atoms in total. The Balaban J connectivity index is 1.36. The van der Waals surface area contributed by atoms with Crippen molar-refractivity contribution in [3.8, 4) is 0 Å². The highest BCUT2D eigenvalue weighted by Crippen LogP contribution is 2.43. The molecule has 0 spiro atoms. The van der Waals surface area contributed by atoms with E-state index in [0.717, 1.165) is 18.5 Å². The summed E-state index contributed by atoms with van der Waals surface area (Å²) in [5.41, 5.74) is 1.39. The minimum absolute atomic E-state index is 0.0818. The van der Waals surface area contributed by atoms with E-state index in [-0.39, 0.29) is 23.5 Å². The van der Waals surface area contributed by atoms with E-state index in [1.165, 1.54) is 6.26 Å². The molecular weight excluding hydrogens is 304 g/mol. The second-order valence-corrected chi connectivity index (χ2v) is 6.38. The normalized spacial score (nSPS) is 24.1. The second kappa shape index (κ2) is 6.00. The van der Waals surface area contributed by atoms with Gasteiger partial charge in [0, 0.05) is 17.3 Å². The lowest BCUT2D eigenvalue weighted by molar-refractivity contribution is -0.120. The van der Waals surface area contributed by atoms with Crippen molar-refractivity contribution >= 4 is 23.2 Å². The van der Waals surface area contributed by atoms with Gasteiger partial charge in [0.15, 0.2) is 5.76 Å². The van der Waals surface area contributed by atoms with Crippen LogP contribution in [0.2, 0.25) is 0 Å². The lowest BCUT2D eigenvalue weighted by Crippen LogP contribution is -2.25. The number of hydrogen-bond acceptors (Lipinski definition) is 3. The molecule has 1 aromatic heterocycles. The van der Waals surface area contributed by atoms with Crippen molar-refractivity contribution < 1.29 is 14.0 Å². The number of nitrogens with one attached hydrogen (secondary N) is 2. The fraction of sp³-hybridized carbons (Fsp3) is 0.263. The molecule has 1 saturated carbocycles. The molecule has 2 N–H and O–H groups in total. The number of furan rings is 1. The van der Waals surface area contributed by atoms with E-state index in [4.69, 9.17) is 4.42 Å². The maximum atomic E-state index is 12.4. The fourth-order valence-corrected chi connectivity index (χ4v) is 3.55. The molecule has 5 heteroatoms. The third-order valence-corrected chi connectivity index (χ3v) is 4.77. The van der Waals surface area contributed by atoms with E-state index in [0.29, 0.717) is 17.5 Å². The number of fused-ring (bicyclic) bond motifs is 2. The van der Waals surface area contributed by atoms with Crippen LogP contribution in [0.3, 0.4) is 0 Å². The van der Waals surface area contributed by atoms with Gasteiger partial charge in [-0.3, -0.25) is 9.59 Å². The van der Waals surface area contributed by atoms with E-state index >= 15 is 0 Å². The summed E-state index contributed by atoms with van der Waals surface area (Å²) < 4.78 is 5.05. The van der Waals surface area contributed by atoms with Gasteiger partial charge < -0.3 is 15.1 Å². The van der Waals surface area contributed by atoms with Crippen molar-refractivity contribution in [1.29, 1.82) is 0 Å². The van der Waals surface area contributed by atoms with Crippen LogP contribution in [0.1, 0.15) is 23.4 Å². The Morgan fingerprint density at radius 3 is 2.29 bits per heavy atom. The SMILES string of the molecule is O=C(Nc1ccc(NC(=O)[C@@H]2C[C@H]3C=C[C@H]2C3)cc1)c1ccco1. The topological polar surface area (TPSA) is 71.3 Å². The van der Waals surface area contributed by atoms with Crippen LogP contribution in [0, 0.1) is 17.8 Å². The van der Waals surface area contributed by atoms with Crippen LogP contribution >= 0.6 is 0 Å². The quantitative estimate of drug-likeness (QED) is 0.843. The molecule has 2 aromatic rings. The summed E-state index contributed by atoms with van der Waals surface area (Å²) in [7, 11) is 0. The molecule has 0 radical (unpaired) electrons. The Labute approximate surface area is 139 Å². The molecule has 4 rings (SSSR count). The molecule has 3 atom stereocenters. The minimum Gasteiger partial charge on any atom is -0.459 e. The highest BCUT2D eigenvalue weighted by Gasteiger charge is 2.39. The first-order valence-electron chi connectivity index (χ1n) is 8.13. The molecule has 1 fully saturated rings. The summed E-state index contributed by atoms with van der Waals surface area (Å²) in [6.07, 6.45) is 7.91. The van der Waals surface area contributed by atoms with Crippen LogP contribution in [-0.2, 0) is 4.79 Å². The molecule has 2 amide bonds. The number of hydrogen-bond donors (Lipinski definition) is 2. The molecule has 24 heavy (non-hydrogen) atoms. The van der Waals surface area contributed by atoms with E-state index in [2.05, 4.69) is 22.8 Å². The monoisotopic (exact) mass is 322 g/mol. The zero-order valence-electron chi connectivity index (χ0n) is 13.1. The number of benzene rings is 1. The maximum Gasteiger partial charge on any atom is 0.291 e. The molecule has 2 aliphatic carbocycles. The van der Waals surface area contributed by atoms with Gasteiger partial charge in [-0.05, 0) is 61.1 Å². The standard InChI is InChI=1S/C19H18N2O3/c22-18(16-11-12-3-4-13(16)10-12)20-14-5-7-15(8-6-14)21-19(23)17-2-1-9-24-17/h1-9,12-13,16H,10-11H2,(H,20,22)(H,21,23)/t12-,13-,16+/m0/s1. The lowest BCUT2D eigenvalue weighted by Gasteiger charge is -2.17. The van der Waals surface area contributed by atoms with Crippen LogP contribution < -0.4 is 10.6 Å². The molecule has 2 bridgehead atoms. The van der Waals surface area contributed by atoms with Gasteiger partial charge in [-0.2, -0.15) is 0 Å². The summed E-state index contributed by atoms with van der Waals surface area (Å²) in [6.45, 7) is 0. The summed E-state index contributed by atoms with van der Waals surface area (Å²) in [5.74, 6) is 1.09. The highest BCUT2D eigenvalue weighted by atomic mass is 16.3. The van der Waals surface area contributed by atoms with E-state index in [1.54, 1.807) is 36.4 Å². The van der Waals surface area contributed by atoms with Crippen molar-refractivity contribution in [2.45, 2.75) is 12.8 Å². The summed E-state index contributed by atoms with van der Waals surface area (Å²) in [6, 6.07) is 10.4. The molecular formula is C19H18N2O3. The van der Waals surface area contributed by atoms with Crippen LogP contribution in [-0.4, -0.2) is 11.8 Å². The van der Waals surface area contributed by atoms with Crippen molar-refractivity contribution in [1.82, 2.24) is 0 Å². The molecule has 1 aromatic carbocycles. The highest BCUT2D eigenvalue weighted by molar-refractivity contribution is 6.02. The third kappa shape index (κ3) is 2.85. The summed E-state index contributed by atoms with van der Waals surface area (Å²) in [4.78, 5) is 24.3. The number of rotatable bonds is 4. The van der Waals surface area contributed by atoms with Crippen molar-refractivity contribution in [2.24, 2.45) is 17.8 Å². The van der Waals surface area contributed by atoms with Gasteiger partial charge in [0.05, 0.1) is 6.26 Å². The molecule has 122 valence electrons. The predicted octanol–water partition coefficient (Wildman–Crippen LogP) is 3.68. The molecule has 0 unspecified atom stereocenters. The number of carbonyl (C=O) groups is 2. The molecule has 0 aliphatic heterocycles. The number of allylic oxidation sites excluding steroid dienone is 2. The van der Waals surface area contributed by atoms with E-state index in [1.807, 2.05) is 0 Å². The number of carbonyl (C=O) groups excluding carboxylic acids is 2. The van der Waals surface area contributed by atoms with Gasteiger partial charge in [0.25, 0.3) is 5.91 Å². The van der Waals surface area contributed by atoms with Crippen molar-refractivity contribution in [3.05, 3.63) is 60.6 Å². The minimum atomic E-state index is -0.300.